The van der Waals surface area contributed by atoms with Crippen molar-refractivity contribution in [2.24, 2.45) is 5.92 Å². The van der Waals surface area contributed by atoms with Gasteiger partial charge < -0.3 is 20.1 Å². The molecule has 1 aromatic carbocycles. The van der Waals surface area contributed by atoms with Gasteiger partial charge in [0.05, 0.1) is 6.61 Å². The SMILES string of the molecule is CCOC(=O)Oc1ccc(C(=O)NCCNC(=O)/C=C(\C)C2CCCC2)cc1. The highest BCUT2D eigenvalue weighted by molar-refractivity contribution is 5.94. The maximum atomic E-state index is 12.1. The van der Waals surface area contributed by atoms with Crippen molar-refractivity contribution in [1.29, 1.82) is 0 Å². The Hall–Kier alpha value is -2.83. The van der Waals surface area contributed by atoms with Gasteiger partial charge in [0.2, 0.25) is 5.91 Å². The van der Waals surface area contributed by atoms with E-state index < -0.39 is 6.16 Å². The normalized spacial score (nSPS) is 14.4. The monoisotopic (exact) mass is 388 g/mol. The van der Waals surface area contributed by atoms with Crippen LogP contribution in [0.2, 0.25) is 0 Å². The van der Waals surface area contributed by atoms with Crippen molar-refractivity contribution in [2.75, 3.05) is 19.7 Å². The van der Waals surface area contributed by atoms with E-state index in [9.17, 15) is 14.4 Å². The van der Waals surface area contributed by atoms with Gasteiger partial charge in [-0.2, -0.15) is 0 Å². The van der Waals surface area contributed by atoms with Crippen molar-refractivity contribution in [3.05, 3.63) is 41.5 Å². The van der Waals surface area contributed by atoms with Crippen LogP contribution in [-0.4, -0.2) is 37.7 Å². The number of amides is 2. The van der Waals surface area contributed by atoms with Gasteiger partial charge in [-0.05, 0) is 56.9 Å². The summed E-state index contributed by atoms with van der Waals surface area (Å²) in [6, 6.07) is 6.14. The number of hydrogen-bond acceptors (Lipinski definition) is 5. The van der Waals surface area contributed by atoms with Gasteiger partial charge in [-0.3, -0.25) is 9.59 Å². The summed E-state index contributed by atoms with van der Waals surface area (Å²) in [5, 5.41) is 5.52. The molecule has 0 aliphatic heterocycles. The van der Waals surface area contributed by atoms with Crippen molar-refractivity contribution in [3.63, 3.8) is 0 Å². The first kappa shape index (κ1) is 21.5. The molecule has 2 N–H and O–H groups in total. The zero-order chi connectivity index (χ0) is 20.4. The van der Waals surface area contributed by atoms with Crippen molar-refractivity contribution in [1.82, 2.24) is 10.6 Å². The number of rotatable bonds is 8. The molecule has 0 atom stereocenters. The molecule has 1 aliphatic rings. The molecule has 1 fully saturated rings. The van der Waals surface area contributed by atoms with Gasteiger partial charge in [0.1, 0.15) is 5.75 Å². The lowest BCUT2D eigenvalue weighted by Gasteiger charge is -2.10. The van der Waals surface area contributed by atoms with E-state index in [1.54, 1.807) is 25.1 Å². The highest BCUT2D eigenvalue weighted by atomic mass is 16.7. The second-order valence-corrected chi connectivity index (χ2v) is 6.73. The van der Waals surface area contributed by atoms with Crippen LogP contribution in [0.15, 0.2) is 35.9 Å². The van der Waals surface area contributed by atoms with Crippen LogP contribution in [0, 0.1) is 5.92 Å². The van der Waals surface area contributed by atoms with Gasteiger partial charge in [-0.15, -0.1) is 0 Å². The van der Waals surface area contributed by atoms with E-state index >= 15 is 0 Å². The number of carbonyl (C=O) groups is 3. The Morgan fingerprint density at radius 1 is 1.07 bits per heavy atom. The van der Waals surface area contributed by atoms with Crippen molar-refractivity contribution in [2.45, 2.75) is 39.5 Å². The molecule has 0 spiro atoms. The first-order chi connectivity index (χ1) is 13.5. The van der Waals surface area contributed by atoms with Gasteiger partial charge in [-0.25, -0.2) is 4.79 Å². The fraction of sp³-hybridized carbons (Fsp3) is 0.476. The second-order valence-electron chi connectivity index (χ2n) is 6.73. The van der Waals surface area contributed by atoms with Crippen LogP contribution in [-0.2, 0) is 9.53 Å². The highest BCUT2D eigenvalue weighted by Crippen LogP contribution is 2.30. The topological polar surface area (TPSA) is 93.7 Å². The lowest BCUT2D eigenvalue weighted by molar-refractivity contribution is -0.116. The summed E-state index contributed by atoms with van der Waals surface area (Å²) in [6.45, 7) is 4.59. The van der Waals surface area contributed by atoms with Crippen molar-refractivity contribution in [3.8, 4) is 5.75 Å². The maximum absolute atomic E-state index is 12.1. The van der Waals surface area contributed by atoms with E-state index in [1.165, 1.54) is 25.0 Å². The molecule has 1 aromatic rings. The number of hydrogen-bond donors (Lipinski definition) is 2. The molecule has 0 radical (unpaired) electrons. The number of allylic oxidation sites excluding steroid dienone is 1. The summed E-state index contributed by atoms with van der Waals surface area (Å²) in [5.41, 5.74) is 1.56. The number of benzene rings is 1. The van der Waals surface area contributed by atoms with E-state index in [0.717, 1.165) is 18.4 Å². The van der Waals surface area contributed by atoms with Crippen LogP contribution in [0.25, 0.3) is 0 Å². The summed E-state index contributed by atoms with van der Waals surface area (Å²) < 4.78 is 9.62. The summed E-state index contributed by atoms with van der Waals surface area (Å²) in [6.07, 6.45) is 5.68. The smallest absolute Gasteiger partial charge is 0.434 e. The van der Waals surface area contributed by atoms with Crippen molar-refractivity contribution < 1.29 is 23.9 Å². The molecule has 7 nitrogen and oxygen atoms in total. The second kappa shape index (κ2) is 11.1. The third-order valence-corrected chi connectivity index (χ3v) is 4.65. The summed E-state index contributed by atoms with van der Waals surface area (Å²) in [5.74, 6) is 0.432. The van der Waals surface area contributed by atoms with Gasteiger partial charge in [0, 0.05) is 24.7 Å². The molecule has 7 heteroatoms. The largest absolute Gasteiger partial charge is 0.513 e. The van der Waals surface area contributed by atoms with Gasteiger partial charge in [-0.1, -0.05) is 18.4 Å². The van der Waals surface area contributed by atoms with Gasteiger partial charge >= 0.3 is 6.16 Å². The molecule has 2 amide bonds. The van der Waals surface area contributed by atoms with E-state index in [-0.39, 0.29) is 18.4 Å². The fourth-order valence-corrected chi connectivity index (χ4v) is 3.14. The van der Waals surface area contributed by atoms with Gasteiger partial charge in [0.15, 0.2) is 0 Å². The third-order valence-electron chi connectivity index (χ3n) is 4.65. The van der Waals surface area contributed by atoms with E-state index in [0.29, 0.717) is 30.3 Å². The van der Waals surface area contributed by atoms with Crippen LogP contribution >= 0.6 is 0 Å². The Labute approximate surface area is 165 Å². The number of ether oxygens (including phenoxy) is 2. The first-order valence-electron chi connectivity index (χ1n) is 9.68. The molecule has 0 aromatic heterocycles. The Morgan fingerprint density at radius 3 is 2.36 bits per heavy atom. The zero-order valence-electron chi connectivity index (χ0n) is 16.5. The Kier molecular flexibility index (Phi) is 8.52. The summed E-state index contributed by atoms with van der Waals surface area (Å²) >= 11 is 0. The predicted octanol–water partition coefficient (Wildman–Crippen LogP) is 3.20. The highest BCUT2D eigenvalue weighted by Gasteiger charge is 2.17. The van der Waals surface area contributed by atoms with Crippen LogP contribution in [0.3, 0.4) is 0 Å². The Balaban J connectivity index is 1.69. The minimum atomic E-state index is -0.785. The molecule has 1 saturated carbocycles. The molecule has 0 heterocycles. The van der Waals surface area contributed by atoms with Crippen LogP contribution in [0.4, 0.5) is 4.79 Å². The lowest BCUT2D eigenvalue weighted by atomic mass is 9.99. The van der Waals surface area contributed by atoms with E-state index in [2.05, 4.69) is 15.4 Å². The number of carbonyl (C=O) groups excluding carboxylic acids is 3. The van der Waals surface area contributed by atoms with Crippen LogP contribution in [0.1, 0.15) is 49.9 Å². The minimum Gasteiger partial charge on any atom is -0.434 e. The van der Waals surface area contributed by atoms with E-state index in [1.807, 2.05) is 6.92 Å². The van der Waals surface area contributed by atoms with Gasteiger partial charge in [0.25, 0.3) is 5.91 Å². The molecule has 1 aliphatic carbocycles. The standard InChI is InChI=1S/C21H28N2O5/c1-3-27-21(26)28-18-10-8-17(9-11-18)20(25)23-13-12-22-19(24)14-15(2)16-6-4-5-7-16/h8-11,14,16H,3-7,12-13H2,1-2H3,(H,22,24)(H,23,25)/b15-14+. The third kappa shape index (κ3) is 7.06. The fourth-order valence-electron chi connectivity index (χ4n) is 3.14. The molecular formula is C21H28N2O5. The lowest BCUT2D eigenvalue weighted by Crippen LogP contribution is -2.34. The van der Waals surface area contributed by atoms with Crippen LogP contribution < -0.4 is 15.4 Å². The average molecular weight is 388 g/mol. The molecular weight excluding hydrogens is 360 g/mol. The predicted molar refractivity (Wildman–Crippen MR) is 105 cm³/mol. The van der Waals surface area contributed by atoms with Crippen molar-refractivity contribution >= 4 is 18.0 Å². The Bertz CT molecular complexity index is 706. The molecule has 2 rings (SSSR count). The molecule has 0 bridgehead atoms. The maximum Gasteiger partial charge on any atom is 0.513 e. The van der Waals surface area contributed by atoms with E-state index in [4.69, 9.17) is 4.74 Å². The Morgan fingerprint density at radius 2 is 1.71 bits per heavy atom. The molecule has 28 heavy (non-hydrogen) atoms. The zero-order valence-corrected chi connectivity index (χ0v) is 16.5. The first-order valence-corrected chi connectivity index (χ1v) is 9.68. The summed E-state index contributed by atoms with van der Waals surface area (Å²) in [7, 11) is 0. The molecule has 0 unspecified atom stereocenters. The minimum absolute atomic E-state index is 0.126. The molecule has 152 valence electrons. The van der Waals surface area contributed by atoms with Crippen LogP contribution in [0.5, 0.6) is 5.75 Å². The quantitative estimate of drug-likeness (QED) is 0.309. The number of nitrogens with one attached hydrogen (secondary N) is 2. The molecule has 0 saturated heterocycles. The summed E-state index contributed by atoms with van der Waals surface area (Å²) in [4.78, 5) is 35.3. The average Bonchev–Trinajstić information content (AvgIpc) is 3.21.